The van der Waals surface area contributed by atoms with Crippen LogP contribution < -0.4 is 5.32 Å². The molecule has 5 heteroatoms. The summed E-state index contributed by atoms with van der Waals surface area (Å²) in [6.07, 6.45) is 2.14. The van der Waals surface area contributed by atoms with Crippen molar-refractivity contribution in [2.24, 2.45) is 0 Å². The molecule has 0 aliphatic heterocycles. The molecule has 28 heavy (non-hydrogen) atoms. The van der Waals surface area contributed by atoms with Crippen LogP contribution in [0, 0.1) is 13.8 Å². The molecule has 4 aromatic rings. The maximum atomic E-state index is 12.1. The van der Waals surface area contributed by atoms with Crippen LogP contribution >= 0.6 is 0 Å². The lowest BCUT2D eigenvalue weighted by atomic mass is 10.1. The Morgan fingerprint density at radius 3 is 2.79 bits per heavy atom. The van der Waals surface area contributed by atoms with Crippen LogP contribution in [0.15, 0.2) is 65.3 Å². The van der Waals surface area contributed by atoms with E-state index in [4.69, 9.17) is 9.40 Å². The highest BCUT2D eigenvalue weighted by molar-refractivity contribution is 5.91. The number of hydrogen-bond donors (Lipinski definition) is 1. The third-order valence-corrected chi connectivity index (χ3v) is 4.95. The zero-order chi connectivity index (χ0) is 19.5. The van der Waals surface area contributed by atoms with Crippen molar-refractivity contribution in [1.29, 1.82) is 0 Å². The number of imidazole rings is 1. The van der Waals surface area contributed by atoms with E-state index in [0.29, 0.717) is 18.7 Å². The van der Waals surface area contributed by atoms with Crippen molar-refractivity contribution in [3.8, 4) is 0 Å². The number of fused-ring (bicyclic) bond motifs is 1. The predicted molar refractivity (Wildman–Crippen MR) is 109 cm³/mol. The standard InChI is InChI=1S/C23H23N3O2/c1-16-9-10-17(2)18(14-16)15-26-20-7-4-3-6-19(20)25-22(26)11-12-24-23(27)21-8-5-13-28-21/h3-10,13-14H,11-12,15H2,1-2H3,(H,24,27). The first-order valence-electron chi connectivity index (χ1n) is 9.44. The van der Waals surface area contributed by atoms with E-state index in [1.807, 2.05) is 18.2 Å². The lowest BCUT2D eigenvalue weighted by molar-refractivity contribution is 0.0926. The SMILES string of the molecule is Cc1ccc(C)c(Cn2c(CCNC(=O)c3ccco3)nc3ccccc32)c1. The Hall–Kier alpha value is -3.34. The van der Waals surface area contributed by atoms with Gasteiger partial charge in [0, 0.05) is 19.5 Å². The number of benzene rings is 2. The van der Waals surface area contributed by atoms with Crippen LogP contribution in [0.4, 0.5) is 0 Å². The van der Waals surface area contributed by atoms with Crippen LogP contribution in [0.2, 0.25) is 0 Å². The summed E-state index contributed by atoms with van der Waals surface area (Å²) < 4.78 is 7.39. The van der Waals surface area contributed by atoms with E-state index in [1.54, 1.807) is 12.1 Å². The topological polar surface area (TPSA) is 60.1 Å². The highest BCUT2D eigenvalue weighted by Crippen LogP contribution is 2.20. The Bertz CT molecular complexity index is 1110. The van der Waals surface area contributed by atoms with Gasteiger partial charge < -0.3 is 14.3 Å². The molecule has 4 rings (SSSR count). The number of amides is 1. The fourth-order valence-electron chi connectivity index (χ4n) is 3.42. The molecule has 2 heterocycles. The fraction of sp³-hybridized carbons (Fsp3) is 0.217. The molecule has 142 valence electrons. The van der Waals surface area contributed by atoms with E-state index in [-0.39, 0.29) is 5.91 Å². The van der Waals surface area contributed by atoms with Crippen molar-refractivity contribution < 1.29 is 9.21 Å². The Morgan fingerprint density at radius 2 is 1.96 bits per heavy atom. The maximum absolute atomic E-state index is 12.1. The molecule has 0 bridgehead atoms. The number of para-hydroxylation sites is 2. The van der Waals surface area contributed by atoms with Gasteiger partial charge in [-0.05, 0) is 49.2 Å². The number of aromatic nitrogens is 2. The first-order valence-corrected chi connectivity index (χ1v) is 9.44. The first-order chi connectivity index (χ1) is 13.6. The zero-order valence-electron chi connectivity index (χ0n) is 16.1. The van der Waals surface area contributed by atoms with Crippen LogP contribution in [-0.2, 0) is 13.0 Å². The summed E-state index contributed by atoms with van der Waals surface area (Å²) in [5.74, 6) is 1.08. The van der Waals surface area contributed by atoms with Gasteiger partial charge in [0.15, 0.2) is 5.76 Å². The van der Waals surface area contributed by atoms with Crippen molar-refractivity contribution in [2.45, 2.75) is 26.8 Å². The highest BCUT2D eigenvalue weighted by atomic mass is 16.3. The Labute approximate surface area is 164 Å². The summed E-state index contributed by atoms with van der Waals surface area (Å²) in [7, 11) is 0. The van der Waals surface area contributed by atoms with Crippen LogP contribution in [0.1, 0.15) is 33.1 Å². The van der Waals surface area contributed by atoms with Gasteiger partial charge in [0.2, 0.25) is 0 Å². The molecule has 0 aliphatic rings. The summed E-state index contributed by atoms with van der Waals surface area (Å²) in [6, 6.07) is 18.0. The molecule has 0 saturated heterocycles. The Morgan fingerprint density at radius 1 is 1.11 bits per heavy atom. The largest absolute Gasteiger partial charge is 0.459 e. The third-order valence-electron chi connectivity index (χ3n) is 4.95. The molecule has 0 aliphatic carbocycles. The van der Waals surface area contributed by atoms with Gasteiger partial charge in [0.1, 0.15) is 5.82 Å². The molecule has 1 amide bonds. The molecule has 5 nitrogen and oxygen atoms in total. The van der Waals surface area contributed by atoms with Gasteiger partial charge >= 0.3 is 0 Å². The van der Waals surface area contributed by atoms with Crippen molar-refractivity contribution in [2.75, 3.05) is 6.54 Å². The molecule has 0 fully saturated rings. The molecule has 0 atom stereocenters. The first kappa shape index (κ1) is 18.0. The molecule has 2 aromatic heterocycles. The average molecular weight is 373 g/mol. The van der Waals surface area contributed by atoms with Gasteiger partial charge in [-0.15, -0.1) is 0 Å². The number of rotatable bonds is 6. The van der Waals surface area contributed by atoms with Crippen LogP contribution in [0.25, 0.3) is 11.0 Å². The summed E-state index contributed by atoms with van der Waals surface area (Å²) in [5, 5.41) is 2.90. The molecule has 2 aromatic carbocycles. The Kier molecular flexibility index (Phi) is 4.98. The van der Waals surface area contributed by atoms with E-state index < -0.39 is 0 Å². The number of nitrogens with zero attached hydrogens (tertiary/aromatic N) is 2. The molecule has 0 saturated carbocycles. The molecule has 0 radical (unpaired) electrons. The fourth-order valence-corrected chi connectivity index (χ4v) is 3.42. The molecular weight excluding hydrogens is 350 g/mol. The highest BCUT2D eigenvalue weighted by Gasteiger charge is 2.13. The molecule has 1 N–H and O–H groups in total. The van der Waals surface area contributed by atoms with Crippen molar-refractivity contribution in [3.05, 3.63) is 89.1 Å². The zero-order valence-corrected chi connectivity index (χ0v) is 16.1. The lowest BCUT2D eigenvalue weighted by Gasteiger charge is -2.13. The van der Waals surface area contributed by atoms with E-state index in [2.05, 4.69) is 48.0 Å². The van der Waals surface area contributed by atoms with Gasteiger partial charge in [0.25, 0.3) is 5.91 Å². The van der Waals surface area contributed by atoms with Crippen molar-refractivity contribution in [3.63, 3.8) is 0 Å². The third kappa shape index (κ3) is 3.69. The monoisotopic (exact) mass is 373 g/mol. The lowest BCUT2D eigenvalue weighted by Crippen LogP contribution is -2.26. The maximum Gasteiger partial charge on any atom is 0.286 e. The molecule has 0 spiro atoms. The minimum absolute atomic E-state index is 0.206. The predicted octanol–water partition coefficient (Wildman–Crippen LogP) is 4.27. The number of hydrogen-bond acceptors (Lipinski definition) is 3. The van der Waals surface area contributed by atoms with Crippen LogP contribution in [-0.4, -0.2) is 22.0 Å². The molecule has 0 unspecified atom stereocenters. The number of carbonyl (C=O) groups is 1. The average Bonchev–Trinajstić information content (AvgIpc) is 3.34. The number of carbonyl (C=O) groups excluding carboxylic acids is 1. The van der Waals surface area contributed by atoms with E-state index >= 15 is 0 Å². The van der Waals surface area contributed by atoms with Gasteiger partial charge in [0.05, 0.1) is 17.3 Å². The normalized spacial score (nSPS) is 11.1. The van der Waals surface area contributed by atoms with Gasteiger partial charge in [-0.1, -0.05) is 35.9 Å². The van der Waals surface area contributed by atoms with Crippen molar-refractivity contribution in [1.82, 2.24) is 14.9 Å². The van der Waals surface area contributed by atoms with Crippen molar-refractivity contribution >= 4 is 16.9 Å². The summed E-state index contributed by atoms with van der Waals surface area (Å²) in [4.78, 5) is 16.9. The van der Waals surface area contributed by atoms with Gasteiger partial charge in [-0.25, -0.2) is 4.98 Å². The van der Waals surface area contributed by atoms with Gasteiger partial charge in [-0.3, -0.25) is 4.79 Å². The second-order valence-corrected chi connectivity index (χ2v) is 7.02. The van der Waals surface area contributed by atoms with Gasteiger partial charge in [-0.2, -0.15) is 0 Å². The quantitative estimate of drug-likeness (QED) is 0.549. The molecular formula is C23H23N3O2. The smallest absolute Gasteiger partial charge is 0.286 e. The van der Waals surface area contributed by atoms with E-state index in [0.717, 1.165) is 23.4 Å². The summed E-state index contributed by atoms with van der Waals surface area (Å²) in [6.45, 7) is 5.50. The minimum Gasteiger partial charge on any atom is -0.459 e. The second kappa shape index (κ2) is 7.72. The number of aryl methyl sites for hydroxylation is 2. The summed E-state index contributed by atoms with van der Waals surface area (Å²) >= 11 is 0. The number of nitrogens with one attached hydrogen (secondary N) is 1. The summed E-state index contributed by atoms with van der Waals surface area (Å²) in [5.41, 5.74) is 5.87. The number of furan rings is 1. The van der Waals surface area contributed by atoms with E-state index in [1.165, 1.54) is 23.0 Å². The van der Waals surface area contributed by atoms with Crippen LogP contribution in [0.3, 0.4) is 0 Å². The second-order valence-electron chi connectivity index (χ2n) is 7.02. The van der Waals surface area contributed by atoms with Crippen LogP contribution in [0.5, 0.6) is 0 Å². The minimum atomic E-state index is -0.206. The van der Waals surface area contributed by atoms with E-state index in [9.17, 15) is 4.79 Å². The Balaban J connectivity index is 1.58.